The Balaban J connectivity index is 1.26. The third kappa shape index (κ3) is 5.08. The normalized spacial score (nSPS) is 14.5. The van der Waals surface area contributed by atoms with Crippen LogP contribution < -0.4 is 20.3 Å². The van der Waals surface area contributed by atoms with Gasteiger partial charge in [-0.05, 0) is 49.1 Å². The summed E-state index contributed by atoms with van der Waals surface area (Å²) in [5.74, 6) is -0.654. The number of nitrogens with one attached hydrogen (secondary N) is 2. The molecule has 1 fully saturated rings. The SMILES string of the molecule is COc1ccc(Cl)cc1NC(=O)C(=O)NCC1CCN(c2nc3ccccc3s2)CC1. The average molecular weight is 459 g/mol. The highest BCUT2D eigenvalue weighted by Gasteiger charge is 2.23. The highest BCUT2D eigenvalue weighted by atomic mass is 35.5. The highest BCUT2D eigenvalue weighted by Crippen LogP contribution is 2.31. The van der Waals surface area contributed by atoms with Crippen LogP contribution in [0.25, 0.3) is 10.2 Å². The molecule has 0 saturated carbocycles. The Labute approximate surface area is 189 Å². The predicted octanol–water partition coefficient (Wildman–Crippen LogP) is 3.93. The fourth-order valence-electron chi connectivity index (χ4n) is 3.60. The molecule has 0 bridgehead atoms. The summed E-state index contributed by atoms with van der Waals surface area (Å²) in [4.78, 5) is 31.5. The maximum Gasteiger partial charge on any atom is 0.313 e. The van der Waals surface area contributed by atoms with E-state index in [2.05, 4.69) is 21.6 Å². The van der Waals surface area contributed by atoms with Gasteiger partial charge in [-0.15, -0.1) is 0 Å². The van der Waals surface area contributed by atoms with Gasteiger partial charge in [0.15, 0.2) is 5.13 Å². The van der Waals surface area contributed by atoms with Crippen LogP contribution >= 0.6 is 22.9 Å². The molecular formula is C22H23ClN4O3S. The van der Waals surface area contributed by atoms with Gasteiger partial charge < -0.3 is 20.3 Å². The molecule has 0 atom stereocenters. The third-order valence-corrected chi connectivity index (χ3v) is 6.67. The molecule has 0 radical (unpaired) electrons. The Morgan fingerprint density at radius 1 is 1.19 bits per heavy atom. The molecule has 4 rings (SSSR count). The van der Waals surface area contributed by atoms with E-state index in [9.17, 15) is 9.59 Å². The summed E-state index contributed by atoms with van der Waals surface area (Å²) >= 11 is 7.67. The summed E-state index contributed by atoms with van der Waals surface area (Å²) in [6.45, 7) is 2.23. The predicted molar refractivity (Wildman–Crippen MR) is 124 cm³/mol. The van der Waals surface area contributed by atoms with E-state index < -0.39 is 11.8 Å². The van der Waals surface area contributed by atoms with Crippen molar-refractivity contribution in [2.24, 2.45) is 5.92 Å². The molecule has 0 unspecified atom stereocenters. The molecule has 0 aliphatic carbocycles. The van der Waals surface area contributed by atoms with E-state index in [-0.39, 0.29) is 0 Å². The van der Waals surface area contributed by atoms with E-state index in [4.69, 9.17) is 21.3 Å². The number of hydrogen-bond acceptors (Lipinski definition) is 6. The smallest absolute Gasteiger partial charge is 0.313 e. The van der Waals surface area contributed by atoms with Gasteiger partial charge in [0.05, 0.1) is 23.0 Å². The molecule has 1 aromatic heterocycles. The van der Waals surface area contributed by atoms with Gasteiger partial charge >= 0.3 is 11.8 Å². The monoisotopic (exact) mass is 458 g/mol. The van der Waals surface area contributed by atoms with E-state index in [1.165, 1.54) is 11.8 Å². The standard InChI is InChI=1S/C22H23ClN4O3S/c1-30-18-7-6-15(23)12-17(18)25-21(29)20(28)24-13-14-8-10-27(11-9-14)22-26-16-4-2-3-5-19(16)31-22/h2-7,12,14H,8-11,13H2,1H3,(H,24,28)(H,25,29). The number of amides is 2. The molecule has 2 heterocycles. The fraction of sp³-hybridized carbons (Fsp3) is 0.318. The zero-order valence-corrected chi connectivity index (χ0v) is 18.6. The van der Waals surface area contributed by atoms with Crippen LogP contribution in [0.1, 0.15) is 12.8 Å². The van der Waals surface area contributed by atoms with Crippen molar-refractivity contribution < 1.29 is 14.3 Å². The number of carbonyl (C=O) groups is 2. The first-order valence-electron chi connectivity index (χ1n) is 10.1. The van der Waals surface area contributed by atoms with Crippen LogP contribution in [0.5, 0.6) is 5.75 Å². The molecule has 2 N–H and O–H groups in total. The van der Waals surface area contributed by atoms with Crippen LogP contribution in [-0.4, -0.2) is 43.5 Å². The van der Waals surface area contributed by atoms with Crippen LogP contribution in [-0.2, 0) is 9.59 Å². The summed E-state index contributed by atoms with van der Waals surface area (Å²) in [5, 5.41) is 6.78. The number of rotatable bonds is 5. The summed E-state index contributed by atoms with van der Waals surface area (Å²) in [7, 11) is 1.49. The second-order valence-corrected chi connectivity index (χ2v) is 8.85. The second kappa shape index (κ2) is 9.53. The number of piperidine rings is 1. The molecule has 1 aliphatic heterocycles. The van der Waals surface area contributed by atoms with Crippen molar-refractivity contribution in [3.63, 3.8) is 0 Å². The Hall–Kier alpha value is -2.84. The fourth-order valence-corrected chi connectivity index (χ4v) is 4.79. The van der Waals surface area contributed by atoms with E-state index in [0.717, 1.165) is 36.6 Å². The number of nitrogens with zero attached hydrogens (tertiary/aromatic N) is 2. The van der Waals surface area contributed by atoms with Crippen LogP contribution in [0.2, 0.25) is 5.02 Å². The highest BCUT2D eigenvalue weighted by molar-refractivity contribution is 7.22. The number of halogens is 1. The first-order valence-corrected chi connectivity index (χ1v) is 11.3. The molecule has 31 heavy (non-hydrogen) atoms. The van der Waals surface area contributed by atoms with Crippen molar-refractivity contribution in [2.45, 2.75) is 12.8 Å². The molecule has 2 amide bonds. The molecule has 7 nitrogen and oxygen atoms in total. The number of thiazole rings is 1. The molecule has 9 heteroatoms. The number of methoxy groups -OCH3 is 1. The van der Waals surface area contributed by atoms with E-state index in [1.54, 1.807) is 29.5 Å². The topological polar surface area (TPSA) is 83.6 Å². The Morgan fingerprint density at radius 2 is 1.97 bits per heavy atom. The van der Waals surface area contributed by atoms with Crippen molar-refractivity contribution in [3.05, 3.63) is 47.5 Å². The van der Waals surface area contributed by atoms with Crippen LogP contribution in [0, 0.1) is 5.92 Å². The van der Waals surface area contributed by atoms with Crippen molar-refractivity contribution in [2.75, 3.05) is 37.0 Å². The number of benzene rings is 2. The van der Waals surface area contributed by atoms with Gasteiger partial charge in [-0.1, -0.05) is 35.1 Å². The van der Waals surface area contributed by atoms with Crippen molar-refractivity contribution in [1.82, 2.24) is 10.3 Å². The number of aromatic nitrogens is 1. The number of para-hydroxylation sites is 1. The molecule has 1 saturated heterocycles. The summed E-state index contributed by atoms with van der Waals surface area (Å²) in [5.41, 5.74) is 1.39. The van der Waals surface area contributed by atoms with Gasteiger partial charge in [0.25, 0.3) is 0 Å². The van der Waals surface area contributed by atoms with Gasteiger partial charge in [0.1, 0.15) is 5.75 Å². The van der Waals surface area contributed by atoms with Crippen LogP contribution in [0.4, 0.5) is 10.8 Å². The first kappa shape index (κ1) is 21.4. The van der Waals surface area contributed by atoms with E-state index >= 15 is 0 Å². The molecule has 162 valence electrons. The minimum absolute atomic E-state index is 0.322. The largest absolute Gasteiger partial charge is 0.495 e. The van der Waals surface area contributed by atoms with Gasteiger partial charge in [-0.2, -0.15) is 0 Å². The summed E-state index contributed by atoms with van der Waals surface area (Å²) < 4.78 is 6.38. The molecule has 0 spiro atoms. The Kier molecular flexibility index (Phi) is 6.58. The van der Waals surface area contributed by atoms with Crippen molar-refractivity contribution >= 4 is 55.8 Å². The van der Waals surface area contributed by atoms with Crippen molar-refractivity contribution in [1.29, 1.82) is 0 Å². The van der Waals surface area contributed by atoms with Crippen LogP contribution in [0.3, 0.4) is 0 Å². The second-order valence-electron chi connectivity index (χ2n) is 7.40. The van der Waals surface area contributed by atoms with Crippen molar-refractivity contribution in [3.8, 4) is 5.75 Å². The maximum atomic E-state index is 12.2. The van der Waals surface area contributed by atoms with Gasteiger partial charge in [0, 0.05) is 24.7 Å². The van der Waals surface area contributed by atoms with E-state index in [1.807, 2.05) is 18.2 Å². The first-order chi connectivity index (χ1) is 15.0. The molecule has 1 aliphatic rings. The van der Waals surface area contributed by atoms with Gasteiger partial charge in [0.2, 0.25) is 0 Å². The lowest BCUT2D eigenvalue weighted by molar-refractivity contribution is -0.136. The lowest BCUT2D eigenvalue weighted by atomic mass is 9.97. The lowest BCUT2D eigenvalue weighted by Crippen LogP contribution is -2.41. The quantitative estimate of drug-likeness (QED) is 0.566. The number of ether oxygens (including phenoxy) is 1. The Bertz CT molecular complexity index is 1060. The summed E-state index contributed by atoms with van der Waals surface area (Å²) in [6, 6.07) is 13.0. The Morgan fingerprint density at radius 3 is 2.71 bits per heavy atom. The number of anilines is 2. The molecular weight excluding hydrogens is 436 g/mol. The number of carbonyl (C=O) groups excluding carboxylic acids is 2. The van der Waals surface area contributed by atoms with Crippen LogP contribution in [0.15, 0.2) is 42.5 Å². The minimum Gasteiger partial charge on any atom is -0.495 e. The number of fused-ring (bicyclic) bond motifs is 1. The summed E-state index contributed by atoms with van der Waals surface area (Å²) in [6.07, 6.45) is 1.86. The van der Waals surface area contributed by atoms with Gasteiger partial charge in [-0.3, -0.25) is 9.59 Å². The maximum absolute atomic E-state index is 12.2. The third-order valence-electron chi connectivity index (χ3n) is 5.33. The molecule has 2 aromatic carbocycles. The zero-order valence-electron chi connectivity index (χ0n) is 17.1. The number of hydrogen-bond donors (Lipinski definition) is 2. The average Bonchev–Trinajstić information content (AvgIpc) is 3.22. The van der Waals surface area contributed by atoms with Gasteiger partial charge in [-0.25, -0.2) is 4.98 Å². The molecule has 3 aromatic rings. The zero-order chi connectivity index (χ0) is 21.8. The minimum atomic E-state index is -0.743. The van der Waals surface area contributed by atoms with E-state index in [0.29, 0.717) is 28.9 Å². The lowest BCUT2D eigenvalue weighted by Gasteiger charge is -2.31.